The maximum absolute atomic E-state index is 14.0. The standard InChI is InChI=1S/C28H30FN3O2/c1-20(33)30-24-7-4-6-21(16-24)13-15-31-14-5-8-25(31)18-32-26-12-11-23(29)17-22(26)19-34-28-10-3-2-9-27(28)32/h2-4,6-7,9-12,16-17,25H,5,8,13-15,18-19H2,1H3,(H,30,33). The molecular weight excluding hydrogens is 429 g/mol. The first-order valence-corrected chi connectivity index (χ1v) is 12.0. The summed E-state index contributed by atoms with van der Waals surface area (Å²) >= 11 is 0. The van der Waals surface area contributed by atoms with E-state index in [-0.39, 0.29) is 11.7 Å². The Bertz CT molecular complexity index is 1180. The molecule has 5 rings (SSSR count). The van der Waals surface area contributed by atoms with Gasteiger partial charge in [-0.05, 0) is 73.8 Å². The third-order valence-electron chi connectivity index (χ3n) is 6.70. The second-order valence-electron chi connectivity index (χ2n) is 9.10. The van der Waals surface area contributed by atoms with Crippen molar-refractivity contribution in [1.82, 2.24) is 4.90 Å². The highest BCUT2D eigenvalue weighted by Gasteiger charge is 2.30. The van der Waals surface area contributed by atoms with Crippen molar-refractivity contribution in [3.63, 3.8) is 0 Å². The molecule has 2 heterocycles. The van der Waals surface area contributed by atoms with E-state index in [1.54, 1.807) is 6.07 Å². The molecule has 2 aliphatic heterocycles. The van der Waals surface area contributed by atoms with Crippen LogP contribution in [0.1, 0.15) is 30.9 Å². The number of anilines is 3. The number of hydrogen-bond acceptors (Lipinski definition) is 4. The van der Waals surface area contributed by atoms with Crippen molar-refractivity contribution in [1.29, 1.82) is 0 Å². The van der Waals surface area contributed by atoms with Crippen molar-refractivity contribution in [2.24, 2.45) is 0 Å². The Morgan fingerprint density at radius 1 is 1.09 bits per heavy atom. The topological polar surface area (TPSA) is 44.8 Å². The molecule has 1 saturated heterocycles. The first kappa shape index (κ1) is 22.4. The predicted octanol–water partition coefficient (Wildman–Crippen LogP) is 5.52. The fraction of sp³-hybridized carbons (Fsp3) is 0.321. The number of hydrogen-bond donors (Lipinski definition) is 1. The predicted molar refractivity (Wildman–Crippen MR) is 133 cm³/mol. The molecule has 34 heavy (non-hydrogen) atoms. The van der Waals surface area contributed by atoms with Crippen molar-refractivity contribution in [2.75, 3.05) is 29.9 Å². The summed E-state index contributed by atoms with van der Waals surface area (Å²) in [6.07, 6.45) is 3.21. The zero-order valence-corrected chi connectivity index (χ0v) is 19.5. The van der Waals surface area contributed by atoms with E-state index in [1.807, 2.05) is 36.4 Å². The van der Waals surface area contributed by atoms with E-state index in [1.165, 1.54) is 25.0 Å². The average Bonchev–Trinajstić information content (AvgIpc) is 3.21. The Balaban J connectivity index is 1.34. The second-order valence-corrected chi connectivity index (χ2v) is 9.10. The average molecular weight is 460 g/mol. The summed E-state index contributed by atoms with van der Waals surface area (Å²) in [6.45, 7) is 4.74. The van der Waals surface area contributed by atoms with Crippen LogP contribution >= 0.6 is 0 Å². The monoisotopic (exact) mass is 459 g/mol. The van der Waals surface area contributed by atoms with Gasteiger partial charge >= 0.3 is 0 Å². The molecule has 0 aromatic heterocycles. The van der Waals surface area contributed by atoms with Gasteiger partial charge in [0.05, 0.1) is 5.69 Å². The van der Waals surface area contributed by atoms with Crippen molar-refractivity contribution >= 4 is 23.0 Å². The first-order chi connectivity index (χ1) is 16.6. The van der Waals surface area contributed by atoms with Gasteiger partial charge < -0.3 is 15.0 Å². The lowest BCUT2D eigenvalue weighted by Gasteiger charge is -2.32. The summed E-state index contributed by atoms with van der Waals surface area (Å²) in [5.74, 6) is 0.536. The largest absolute Gasteiger partial charge is 0.487 e. The fourth-order valence-electron chi connectivity index (χ4n) is 5.10. The van der Waals surface area contributed by atoms with Gasteiger partial charge in [-0.3, -0.25) is 9.69 Å². The van der Waals surface area contributed by atoms with Crippen LogP contribution in [-0.2, 0) is 17.8 Å². The first-order valence-electron chi connectivity index (χ1n) is 12.0. The number of nitrogens with one attached hydrogen (secondary N) is 1. The molecule has 0 radical (unpaired) electrons. The van der Waals surface area contributed by atoms with Gasteiger partial charge in [0.1, 0.15) is 18.2 Å². The second kappa shape index (κ2) is 9.85. The summed E-state index contributed by atoms with van der Waals surface area (Å²) in [6, 6.07) is 21.5. The maximum Gasteiger partial charge on any atom is 0.221 e. The number of para-hydroxylation sites is 2. The number of likely N-dealkylation sites (tertiary alicyclic amines) is 1. The highest BCUT2D eigenvalue weighted by Crippen LogP contribution is 2.40. The molecule has 0 saturated carbocycles. The molecule has 0 spiro atoms. The van der Waals surface area contributed by atoms with E-state index in [2.05, 4.69) is 33.3 Å². The molecule has 2 aliphatic rings. The zero-order chi connectivity index (χ0) is 23.5. The summed E-state index contributed by atoms with van der Waals surface area (Å²) in [5.41, 5.74) is 4.97. The number of nitrogens with zero attached hydrogens (tertiary/aromatic N) is 2. The Morgan fingerprint density at radius 2 is 1.97 bits per heavy atom. The van der Waals surface area contributed by atoms with Crippen molar-refractivity contribution < 1.29 is 13.9 Å². The van der Waals surface area contributed by atoms with Crippen molar-refractivity contribution in [3.05, 3.63) is 83.7 Å². The number of carbonyl (C=O) groups is 1. The molecule has 0 aliphatic carbocycles. The molecule has 0 bridgehead atoms. The Labute approximate surface area is 200 Å². The minimum atomic E-state index is -0.239. The number of amides is 1. The van der Waals surface area contributed by atoms with Gasteiger partial charge in [-0.2, -0.15) is 0 Å². The Kier molecular flexibility index (Phi) is 6.50. The molecule has 3 aromatic rings. The number of halogens is 1. The smallest absolute Gasteiger partial charge is 0.221 e. The third kappa shape index (κ3) is 4.92. The summed E-state index contributed by atoms with van der Waals surface area (Å²) in [5, 5.41) is 2.87. The molecule has 5 nitrogen and oxygen atoms in total. The minimum absolute atomic E-state index is 0.0568. The van der Waals surface area contributed by atoms with Gasteiger partial charge in [-0.1, -0.05) is 24.3 Å². The van der Waals surface area contributed by atoms with Crippen LogP contribution in [0, 0.1) is 5.82 Å². The van der Waals surface area contributed by atoms with Crippen LogP contribution in [0.25, 0.3) is 0 Å². The number of fused-ring (bicyclic) bond motifs is 2. The molecule has 6 heteroatoms. The normalized spacial score (nSPS) is 17.5. The lowest BCUT2D eigenvalue weighted by molar-refractivity contribution is -0.114. The lowest BCUT2D eigenvalue weighted by Crippen LogP contribution is -2.39. The quantitative estimate of drug-likeness (QED) is 0.527. The van der Waals surface area contributed by atoms with Crippen molar-refractivity contribution in [2.45, 2.75) is 38.8 Å². The molecule has 176 valence electrons. The van der Waals surface area contributed by atoms with E-state index in [0.717, 1.165) is 60.9 Å². The van der Waals surface area contributed by atoms with Crippen LogP contribution in [0.15, 0.2) is 66.7 Å². The Hall–Kier alpha value is -3.38. The van der Waals surface area contributed by atoms with E-state index >= 15 is 0 Å². The maximum atomic E-state index is 14.0. The van der Waals surface area contributed by atoms with Crippen LogP contribution in [0.3, 0.4) is 0 Å². The number of carbonyl (C=O) groups excluding carboxylic acids is 1. The van der Waals surface area contributed by atoms with Gasteiger partial charge in [0.2, 0.25) is 5.91 Å². The lowest BCUT2D eigenvalue weighted by atomic mass is 10.1. The van der Waals surface area contributed by atoms with E-state index in [9.17, 15) is 9.18 Å². The highest BCUT2D eigenvalue weighted by molar-refractivity contribution is 5.88. The zero-order valence-electron chi connectivity index (χ0n) is 19.5. The van der Waals surface area contributed by atoms with Crippen LogP contribution in [-0.4, -0.2) is 36.5 Å². The third-order valence-corrected chi connectivity index (χ3v) is 6.70. The number of ether oxygens (including phenoxy) is 1. The highest BCUT2D eigenvalue weighted by atomic mass is 19.1. The number of benzene rings is 3. The van der Waals surface area contributed by atoms with Crippen LogP contribution in [0.2, 0.25) is 0 Å². The Morgan fingerprint density at radius 3 is 2.85 bits per heavy atom. The molecule has 3 aromatic carbocycles. The molecule has 1 unspecified atom stereocenters. The van der Waals surface area contributed by atoms with Crippen LogP contribution < -0.4 is 15.0 Å². The molecule has 1 fully saturated rings. The van der Waals surface area contributed by atoms with Gasteiger partial charge in [-0.15, -0.1) is 0 Å². The van der Waals surface area contributed by atoms with E-state index in [4.69, 9.17) is 4.74 Å². The van der Waals surface area contributed by atoms with Gasteiger partial charge in [0.15, 0.2) is 0 Å². The van der Waals surface area contributed by atoms with Gasteiger partial charge in [0.25, 0.3) is 0 Å². The molecule has 1 atom stereocenters. The van der Waals surface area contributed by atoms with E-state index in [0.29, 0.717) is 12.6 Å². The molecule has 1 amide bonds. The van der Waals surface area contributed by atoms with Gasteiger partial charge in [-0.25, -0.2) is 4.39 Å². The minimum Gasteiger partial charge on any atom is -0.487 e. The molecule has 1 N–H and O–H groups in total. The fourth-order valence-corrected chi connectivity index (χ4v) is 5.10. The summed E-state index contributed by atoms with van der Waals surface area (Å²) in [7, 11) is 0. The number of rotatable bonds is 6. The van der Waals surface area contributed by atoms with Gasteiger partial charge in [0, 0.05) is 43.0 Å². The van der Waals surface area contributed by atoms with Crippen LogP contribution in [0.5, 0.6) is 5.75 Å². The van der Waals surface area contributed by atoms with Crippen molar-refractivity contribution in [3.8, 4) is 5.75 Å². The molecular formula is C28H30FN3O2. The summed E-state index contributed by atoms with van der Waals surface area (Å²) in [4.78, 5) is 16.2. The SMILES string of the molecule is CC(=O)Nc1cccc(CCN2CCCC2CN2c3ccc(F)cc3COc3ccccc32)c1. The van der Waals surface area contributed by atoms with Crippen LogP contribution in [0.4, 0.5) is 21.5 Å². The van der Waals surface area contributed by atoms with E-state index < -0.39 is 0 Å². The summed E-state index contributed by atoms with van der Waals surface area (Å²) < 4.78 is 20.0.